The SMILES string of the molecule is c1ccc(-c2ccc(N(c3ccccc3)c3cccc4oc5c6ccccc6c(-c6ccc(-c7cccc8c7-c7ccccc7C87c8ccccc8-c8c(-c9ccccc9)cccc87)cc6)cc5c34)cc2)cc1. The molecule has 0 N–H and O–H groups in total. The van der Waals surface area contributed by atoms with Crippen LogP contribution in [0.2, 0.25) is 0 Å². The fourth-order valence-corrected chi connectivity index (χ4v) is 12.7. The Hall–Kier alpha value is -9.50. The molecule has 1 atom stereocenters. The third-order valence-corrected chi connectivity index (χ3v) is 15.7. The van der Waals surface area contributed by atoms with Gasteiger partial charge in [0.1, 0.15) is 11.2 Å². The Bertz CT molecular complexity index is 4290. The van der Waals surface area contributed by atoms with Crippen LogP contribution >= 0.6 is 0 Å². The van der Waals surface area contributed by atoms with Crippen LogP contribution in [0.3, 0.4) is 0 Å². The summed E-state index contributed by atoms with van der Waals surface area (Å²) >= 11 is 0. The first-order chi connectivity index (χ1) is 36.2. The first-order valence-corrected chi connectivity index (χ1v) is 25.2. The molecule has 1 heterocycles. The van der Waals surface area contributed by atoms with E-state index in [2.05, 4.69) is 278 Å². The molecule has 15 rings (SSSR count). The summed E-state index contributed by atoms with van der Waals surface area (Å²) in [4.78, 5) is 2.36. The van der Waals surface area contributed by atoms with E-state index in [1.54, 1.807) is 0 Å². The van der Waals surface area contributed by atoms with Crippen molar-refractivity contribution in [1.29, 1.82) is 0 Å². The van der Waals surface area contributed by atoms with Crippen molar-refractivity contribution in [2.24, 2.45) is 0 Å². The number of benzene rings is 12. The van der Waals surface area contributed by atoms with E-state index in [1.165, 1.54) is 83.5 Å². The standard InChI is InChI=1S/C71H45NO/c1-4-19-46(20-5-1)47-41-43-52(44-42-47)72(51-23-8-3-9-24-51)65-35-18-36-66-69(65)60-45-59(55-25-10-11-26-56(55)70(60)73-66)50-39-37-49(38-40-50)54-30-17-34-64-68(54)58-28-13-15-32-62(58)71(64)61-31-14-12-27-57(61)67-53(29-16-33-63(67)71)48-21-6-2-7-22-48/h1-45H. The summed E-state index contributed by atoms with van der Waals surface area (Å²) in [6, 6.07) is 100.0. The summed E-state index contributed by atoms with van der Waals surface area (Å²) in [5, 5.41) is 4.41. The zero-order valence-electron chi connectivity index (χ0n) is 39.8. The number of fused-ring (bicyclic) bond motifs is 15. The van der Waals surface area contributed by atoms with Gasteiger partial charge in [-0.25, -0.2) is 0 Å². The summed E-state index contributed by atoms with van der Waals surface area (Å²) in [5.74, 6) is 0. The highest BCUT2D eigenvalue weighted by molar-refractivity contribution is 6.22. The maximum Gasteiger partial charge on any atom is 0.143 e. The summed E-state index contributed by atoms with van der Waals surface area (Å²) in [6.45, 7) is 0. The number of rotatable bonds is 7. The lowest BCUT2D eigenvalue weighted by atomic mass is 9.70. The van der Waals surface area contributed by atoms with Gasteiger partial charge in [0.05, 0.1) is 16.5 Å². The molecule has 12 aromatic carbocycles. The number of para-hydroxylation sites is 1. The third kappa shape index (κ3) is 6.11. The lowest BCUT2D eigenvalue weighted by molar-refractivity contribution is 0.672. The van der Waals surface area contributed by atoms with E-state index in [1.807, 2.05) is 0 Å². The quantitative estimate of drug-likeness (QED) is 0.158. The molecule has 340 valence electrons. The number of anilines is 3. The molecule has 1 unspecified atom stereocenters. The smallest absolute Gasteiger partial charge is 0.143 e. The predicted molar refractivity (Wildman–Crippen MR) is 304 cm³/mol. The first-order valence-electron chi connectivity index (χ1n) is 25.2. The molecule has 0 radical (unpaired) electrons. The number of hydrogen-bond acceptors (Lipinski definition) is 2. The Kier molecular flexibility index (Phi) is 9.21. The Morgan fingerprint density at radius 2 is 0.726 bits per heavy atom. The van der Waals surface area contributed by atoms with E-state index in [9.17, 15) is 0 Å². The van der Waals surface area contributed by atoms with Crippen LogP contribution in [0.4, 0.5) is 17.1 Å². The normalized spacial score (nSPS) is 14.1. The molecule has 0 fully saturated rings. The van der Waals surface area contributed by atoms with Crippen molar-refractivity contribution in [1.82, 2.24) is 0 Å². The molecule has 73 heavy (non-hydrogen) atoms. The minimum absolute atomic E-state index is 0.457. The summed E-state index contributed by atoms with van der Waals surface area (Å²) in [6.07, 6.45) is 0. The second-order valence-electron chi connectivity index (χ2n) is 19.4. The minimum atomic E-state index is -0.457. The van der Waals surface area contributed by atoms with Crippen LogP contribution < -0.4 is 4.90 Å². The highest BCUT2D eigenvalue weighted by atomic mass is 16.3. The zero-order chi connectivity index (χ0) is 48.0. The highest BCUT2D eigenvalue weighted by Gasteiger charge is 2.52. The largest absolute Gasteiger partial charge is 0.455 e. The van der Waals surface area contributed by atoms with Crippen LogP contribution in [-0.4, -0.2) is 0 Å². The van der Waals surface area contributed by atoms with Crippen molar-refractivity contribution in [2.75, 3.05) is 4.90 Å². The van der Waals surface area contributed by atoms with Gasteiger partial charge in [-0.2, -0.15) is 0 Å². The third-order valence-electron chi connectivity index (χ3n) is 15.7. The van der Waals surface area contributed by atoms with Crippen molar-refractivity contribution < 1.29 is 4.42 Å². The molecular weight excluding hydrogens is 883 g/mol. The molecule has 1 aromatic heterocycles. The van der Waals surface area contributed by atoms with Gasteiger partial charge < -0.3 is 9.32 Å². The average molecular weight is 928 g/mol. The number of nitrogens with zero attached hydrogens (tertiary/aromatic N) is 1. The van der Waals surface area contributed by atoms with Crippen molar-refractivity contribution in [3.05, 3.63) is 295 Å². The highest BCUT2D eigenvalue weighted by Crippen LogP contribution is 2.65. The predicted octanol–water partition coefficient (Wildman–Crippen LogP) is 19.2. The molecule has 1 spiro atoms. The van der Waals surface area contributed by atoms with Gasteiger partial charge in [0.2, 0.25) is 0 Å². The van der Waals surface area contributed by atoms with E-state index < -0.39 is 5.41 Å². The first kappa shape index (κ1) is 41.3. The summed E-state index contributed by atoms with van der Waals surface area (Å²) < 4.78 is 6.93. The molecule has 0 amide bonds. The molecule has 2 aliphatic carbocycles. The number of furan rings is 1. The lowest BCUT2D eigenvalue weighted by Crippen LogP contribution is -2.25. The Morgan fingerprint density at radius 3 is 1.36 bits per heavy atom. The van der Waals surface area contributed by atoms with Crippen LogP contribution in [0.5, 0.6) is 0 Å². The van der Waals surface area contributed by atoms with E-state index in [0.717, 1.165) is 55.3 Å². The average Bonchev–Trinajstić information content (AvgIpc) is 4.12. The molecule has 13 aromatic rings. The van der Waals surface area contributed by atoms with Crippen LogP contribution in [0.25, 0.3) is 99.5 Å². The van der Waals surface area contributed by atoms with Gasteiger partial charge in [-0.1, -0.05) is 231 Å². The van der Waals surface area contributed by atoms with Crippen LogP contribution in [0.15, 0.2) is 277 Å². The van der Waals surface area contributed by atoms with Crippen molar-refractivity contribution >= 4 is 49.8 Å². The molecule has 2 nitrogen and oxygen atoms in total. The van der Waals surface area contributed by atoms with Gasteiger partial charge in [0, 0.05) is 22.1 Å². The van der Waals surface area contributed by atoms with E-state index >= 15 is 0 Å². The van der Waals surface area contributed by atoms with Gasteiger partial charge in [0.15, 0.2) is 0 Å². The molecular formula is C71H45NO. The van der Waals surface area contributed by atoms with Gasteiger partial charge in [0.25, 0.3) is 0 Å². The monoisotopic (exact) mass is 927 g/mol. The second kappa shape index (κ2) is 16.3. The van der Waals surface area contributed by atoms with Crippen molar-refractivity contribution in [3.63, 3.8) is 0 Å². The zero-order valence-corrected chi connectivity index (χ0v) is 39.8. The van der Waals surface area contributed by atoms with Crippen molar-refractivity contribution in [3.8, 4) is 66.8 Å². The maximum atomic E-state index is 6.93. The fraction of sp³-hybridized carbons (Fsp3) is 0.0141. The van der Waals surface area contributed by atoms with Gasteiger partial charge in [-0.15, -0.1) is 0 Å². The molecule has 2 heteroatoms. The Balaban J connectivity index is 0.884. The van der Waals surface area contributed by atoms with Crippen LogP contribution in [0, 0.1) is 0 Å². The molecule has 0 bridgehead atoms. The summed E-state index contributed by atoms with van der Waals surface area (Å²) in [5.41, 5.74) is 24.7. The molecule has 0 saturated carbocycles. The second-order valence-corrected chi connectivity index (χ2v) is 19.4. The lowest BCUT2D eigenvalue weighted by Gasteiger charge is -2.30. The van der Waals surface area contributed by atoms with Crippen LogP contribution in [0.1, 0.15) is 22.3 Å². The molecule has 2 aliphatic rings. The number of hydrogen-bond donors (Lipinski definition) is 0. The Labute approximate surface area is 424 Å². The van der Waals surface area contributed by atoms with E-state index in [0.29, 0.717) is 0 Å². The van der Waals surface area contributed by atoms with E-state index in [-0.39, 0.29) is 0 Å². The van der Waals surface area contributed by atoms with Crippen molar-refractivity contribution in [2.45, 2.75) is 5.41 Å². The van der Waals surface area contributed by atoms with Gasteiger partial charge >= 0.3 is 0 Å². The van der Waals surface area contributed by atoms with Gasteiger partial charge in [-0.3, -0.25) is 0 Å². The minimum Gasteiger partial charge on any atom is -0.455 e. The maximum absolute atomic E-state index is 6.93. The summed E-state index contributed by atoms with van der Waals surface area (Å²) in [7, 11) is 0. The fourth-order valence-electron chi connectivity index (χ4n) is 12.7. The Morgan fingerprint density at radius 1 is 0.288 bits per heavy atom. The van der Waals surface area contributed by atoms with Gasteiger partial charge in [-0.05, 0) is 137 Å². The topological polar surface area (TPSA) is 16.4 Å². The van der Waals surface area contributed by atoms with Crippen LogP contribution in [-0.2, 0) is 5.41 Å². The molecule has 0 aliphatic heterocycles. The van der Waals surface area contributed by atoms with E-state index in [4.69, 9.17) is 4.42 Å². The molecule has 0 saturated heterocycles.